The zero-order valence-corrected chi connectivity index (χ0v) is 18.7. The number of nitrogens with zero attached hydrogens (tertiary/aromatic N) is 1. The lowest BCUT2D eigenvalue weighted by Gasteiger charge is -2.32. The van der Waals surface area contributed by atoms with Crippen molar-refractivity contribution in [3.05, 3.63) is 108 Å². The van der Waals surface area contributed by atoms with E-state index in [1.165, 1.54) is 0 Å². The van der Waals surface area contributed by atoms with E-state index in [0.29, 0.717) is 26.1 Å². The Morgan fingerprint density at radius 3 is 1.88 bits per heavy atom. The molecule has 0 radical (unpaired) electrons. The number of hydrogen-bond acceptors (Lipinski definition) is 4. The predicted octanol–water partition coefficient (Wildman–Crippen LogP) is 3.88. The lowest BCUT2D eigenvalue weighted by Crippen LogP contribution is -2.41. The minimum Gasteiger partial charge on any atom is -0.396 e. The third-order valence-corrected chi connectivity index (χ3v) is 5.37. The highest BCUT2D eigenvalue weighted by atomic mass is 16.3. The Balaban J connectivity index is 1.63. The first-order chi connectivity index (χ1) is 16.2. The van der Waals surface area contributed by atoms with Crippen LogP contribution in [0.15, 0.2) is 91.0 Å². The van der Waals surface area contributed by atoms with Crippen molar-refractivity contribution >= 4 is 11.9 Å². The molecule has 3 N–H and O–H groups in total. The molecule has 0 unspecified atom stereocenters. The van der Waals surface area contributed by atoms with Crippen molar-refractivity contribution in [2.24, 2.45) is 0 Å². The van der Waals surface area contributed by atoms with E-state index in [1.807, 2.05) is 66.7 Å². The van der Waals surface area contributed by atoms with Crippen LogP contribution < -0.4 is 10.6 Å². The molecule has 0 spiro atoms. The summed E-state index contributed by atoms with van der Waals surface area (Å²) in [5.74, 6) is -0.338. The van der Waals surface area contributed by atoms with Crippen molar-refractivity contribution in [3.63, 3.8) is 0 Å². The minimum absolute atomic E-state index is 0.0568. The van der Waals surface area contributed by atoms with E-state index in [0.717, 1.165) is 16.7 Å². The van der Waals surface area contributed by atoms with Crippen molar-refractivity contribution in [1.29, 1.82) is 0 Å². The van der Waals surface area contributed by atoms with Gasteiger partial charge in [-0.15, -0.1) is 0 Å². The maximum absolute atomic E-state index is 12.5. The summed E-state index contributed by atoms with van der Waals surface area (Å²) in [5, 5.41) is 14.6. The maximum atomic E-state index is 12.5. The SMILES string of the molecule is O=C(CCN(CCCO)C(c1ccccc1)c1ccccc1)NC(=O)NCc1ccccc1. The van der Waals surface area contributed by atoms with Crippen LogP contribution in [-0.2, 0) is 11.3 Å². The van der Waals surface area contributed by atoms with Crippen LogP contribution in [0.3, 0.4) is 0 Å². The van der Waals surface area contributed by atoms with E-state index in [4.69, 9.17) is 0 Å². The summed E-state index contributed by atoms with van der Waals surface area (Å²) in [6.07, 6.45) is 0.760. The molecule has 0 saturated heterocycles. The van der Waals surface area contributed by atoms with Crippen LogP contribution in [0.2, 0.25) is 0 Å². The molecule has 0 aliphatic carbocycles. The van der Waals surface area contributed by atoms with Crippen molar-refractivity contribution in [2.75, 3.05) is 19.7 Å². The number of rotatable bonds is 11. The molecule has 6 heteroatoms. The van der Waals surface area contributed by atoms with Crippen LogP contribution in [-0.4, -0.2) is 41.6 Å². The highest BCUT2D eigenvalue weighted by Gasteiger charge is 2.23. The number of carbonyl (C=O) groups excluding carboxylic acids is 2. The number of aliphatic hydroxyl groups is 1. The number of hydrogen-bond donors (Lipinski definition) is 3. The second kappa shape index (κ2) is 13.2. The summed E-state index contributed by atoms with van der Waals surface area (Å²) in [6, 6.07) is 29.2. The number of urea groups is 1. The number of amides is 3. The normalized spacial score (nSPS) is 10.9. The topological polar surface area (TPSA) is 81.7 Å². The van der Waals surface area contributed by atoms with Gasteiger partial charge < -0.3 is 10.4 Å². The van der Waals surface area contributed by atoms with Gasteiger partial charge in [-0.3, -0.25) is 15.0 Å². The van der Waals surface area contributed by atoms with Gasteiger partial charge in [-0.25, -0.2) is 4.79 Å². The van der Waals surface area contributed by atoms with E-state index < -0.39 is 6.03 Å². The molecule has 6 nitrogen and oxygen atoms in total. The molecule has 0 bridgehead atoms. The summed E-state index contributed by atoms with van der Waals surface area (Å²) in [7, 11) is 0. The Bertz CT molecular complexity index is 942. The second-order valence-electron chi connectivity index (χ2n) is 7.80. The zero-order valence-electron chi connectivity index (χ0n) is 18.7. The summed E-state index contributed by atoms with van der Waals surface area (Å²) >= 11 is 0. The zero-order chi connectivity index (χ0) is 23.3. The molecule has 3 aromatic rings. The molecule has 0 aliphatic heterocycles. The van der Waals surface area contributed by atoms with Gasteiger partial charge in [0, 0.05) is 32.7 Å². The van der Waals surface area contributed by atoms with E-state index in [-0.39, 0.29) is 25.0 Å². The molecule has 3 aromatic carbocycles. The van der Waals surface area contributed by atoms with Crippen molar-refractivity contribution in [3.8, 4) is 0 Å². The van der Waals surface area contributed by atoms with E-state index in [1.54, 1.807) is 0 Å². The molecule has 0 heterocycles. The maximum Gasteiger partial charge on any atom is 0.321 e. The average molecular weight is 446 g/mol. The Labute approximate surface area is 195 Å². The fourth-order valence-corrected chi connectivity index (χ4v) is 3.79. The molecular weight excluding hydrogens is 414 g/mol. The lowest BCUT2D eigenvalue weighted by atomic mass is 9.96. The standard InChI is InChI=1S/C27H31N3O3/c31-20-10-18-30(26(23-13-6-2-7-14-23)24-15-8-3-9-16-24)19-17-25(32)29-27(33)28-21-22-11-4-1-5-12-22/h1-9,11-16,26,31H,10,17-21H2,(H2,28,29,32,33). The molecule has 0 saturated carbocycles. The number of aliphatic hydroxyl groups excluding tert-OH is 1. The summed E-state index contributed by atoms with van der Waals surface area (Å²) in [5.41, 5.74) is 3.19. The van der Waals surface area contributed by atoms with Gasteiger partial charge in [-0.1, -0.05) is 91.0 Å². The van der Waals surface area contributed by atoms with Gasteiger partial charge in [0.25, 0.3) is 0 Å². The smallest absolute Gasteiger partial charge is 0.321 e. The Morgan fingerprint density at radius 2 is 1.33 bits per heavy atom. The van der Waals surface area contributed by atoms with Gasteiger partial charge >= 0.3 is 6.03 Å². The van der Waals surface area contributed by atoms with E-state index in [9.17, 15) is 14.7 Å². The number of imide groups is 1. The van der Waals surface area contributed by atoms with Gasteiger partial charge in [0.05, 0.1) is 6.04 Å². The third-order valence-electron chi connectivity index (χ3n) is 5.37. The number of carbonyl (C=O) groups is 2. The van der Waals surface area contributed by atoms with Crippen LogP contribution >= 0.6 is 0 Å². The van der Waals surface area contributed by atoms with Crippen LogP contribution in [0.1, 0.15) is 35.6 Å². The number of nitrogens with one attached hydrogen (secondary N) is 2. The summed E-state index contributed by atoms with van der Waals surface area (Å²) < 4.78 is 0. The van der Waals surface area contributed by atoms with Crippen molar-refractivity contribution in [2.45, 2.75) is 25.4 Å². The van der Waals surface area contributed by atoms with E-state index in [2.05, 4.69) is 39.8 Å². The lowest BCUT2D eigenvalue weighted by molar-refractivity contribution is -0.120. The molecule has 0 atom stereocenters. The predicted molar refractivity (Wildman–Crippen MR) is 129 cm³/mol. The molecule has 33 heavy (non-hydrogen) atoms. The molecule has 3 amide bonds. The quantitative estimate of drug-likeness (QED) is 0.418. The average Bonchev–Trinajstić information content (AvgIpc) is 2.86. The summed E-state index contributed by atoms with van der Waals surface area (Å²) in [4.78, 5) is 26.8. The first-order valence-corrected chi connectivity index (χ1v) is 11.2. The molecule has 0 fully saturated rings. The van der Waals surface area contributed by atoms with Crippen LogP contribution in [0.5, 0.6) is 0 Å². The second-order valence-corrected chi connectivity index (χ2v) is 7.80. The fraction of sp³-hybridized carbons (Fsp3) is 0.259. The Morgan fingerprint density at radius 1 is 0.788 bits per heavy atom. The molecular formula is C27H31N3O3. The van der Waals surface area contributed by atoms with Gasteiger partial charge in [0.2, 0.25) is 5.91 Å². The van der Waals surface area contributed by atoms with Gasteiger partial charge in [-0.05, 0) is 23.1 Å². The first kappa shape index (κ1) is 24.2. The fourth-order valence-electron chi connectivity index (χ4n) is 3.79. The molecule has 0 aliphatic rings. The molecule has 3 rings (SSSR count). The highest BCUT2D eigenvalue weighted by Crippen LogP contribution is 2.28. The van der Waals surface area contributed by atoms with Crippen molar-refractivity contribution in [1.82, 2.24) is 15.5 Å². The van der Waals surface area contributed by atoms with Crippen LogP contribution in [0.4, 0.5) is 4.79 Å². The van der Waals surface area contributed by atoms with Gasteiger partial charge in [0.15, 0.2) is 0 Å². The highest BCUT2D eigenvalue weighted by molar-refractivity contribution is 5.94. The van der Waals surface area contributed by atoms with Crippen molar-refractivity contribution < 1.29 is 14.7 Å². The van der Waals surface area contributed by atoms with Crippen LogP contribution in [0.25, 0.3) is 0 Å². The monoisotopic (exact) mass is 445 g/mol. The molecule has 0 aromatic heterocycles. The third kappa shape index (κ3) is 7.86. The Kier molecular flexibility index (Phi) is 9.63. The van der Waals surface area contributed by atoms with E-state index >= 15 is 0 Å². The number of benzene rings is 3. The van der Waals surface area contributed by atoms with Gasteiger partial charge in [-0.2, -0.15) is 0 Å². The Hall–Kier alpha value is -3.48. The van der Waals surface area contributed by atoms with Crippen LogP contribution in [0, 0.1) is 0 Å². The minimum atomic E-state index is -0.506. The largest absolute Gasteiger partial charge is 0.396 e. The molecule has 172 valence electrons. The summed E-state index contributed by atoms with van der Waals surface area (Å²) in [6.45, 7) is 1.50. The van der Waals surface area contributed by atoms with Gasteiger partial charge in [0.1, 0.15) is 0 Å². The first-order valence-electron chi connectivity index (χ1n) is 11.2.